The minimum absolute atomic E-state index is 0.170. The molecule has 0 spiro atoms. The van der Waals surface area contributed by atoms with Crippen LogP contribution >= 0.6 is 0 Å². The number of nitrogens with one attached hydrogen (secondary N) is 2. The molecule has 0 aliphatic rings. The van der Waals surface area contributed by atoms with Gasteiger partial charge in [-0.2, -0.15) is 0 Å². The molecule has 0 aliphatic carbocycles. The van der Waals surface area contributed by atoms with Crippen molar-refractivity contribution in [3.05, 3.63) is 65.2 Å². The molecular formula is C20H26N2O3S. The third-order valence-corrected chi connectivity index (χ3v) is 5.55. The van der Waals surface area contributed by atoms with Gasteiger partial charge in [0.25, 0.3) is 5.91 Å². The number of carbonyl (C=O) groups excluding carboxylic acids is 1. The minimum atomic E-state index is -3.52. The van der Waals surface area contributed by atoms with Crippen LogP contribution < -0.4 is 10.0 Å². The lowest BCUT2D eigenvalue weighted by molar-refractivity contribution is 0.0951. The zero-order valence-corrected chi connectivity index (χ0v) is 16.1. The molecule has 2 rings (SSSR count). The summed E-state index contributed by atoms with van der Waals surface area (Å²) in [5.41, 5.74) is 2.61. The van der Waals surface area contributed by atoms with E-state index in [9.17, 15) is 13.2 Å². The number of unbranched alkanes of at least 4 members (excludes halogenated alkanes) is 2. The number of hydrogen-bond donors (Lipinski definition) is 2. The smallest absolute Gasteiger partial charge is 0.251 e. The summed E-state index contributed by atoms with van der Waals surface area (Å²) in [5.74, 6) is -0.231. The Kier molecular flexibility index (Phi) is 7.36. The number of rotatable bonds is 9. The van der Waals surface area contributed by atoms with E-state index in [1.165, 1.54) is 29.8 Å². The second-order valence-electron chi connectivity index (χ2n) is 6.30. The molecule has 2 aromatic rings. The van der Waals surface area contributed by atoms with E-state index in [-0.39, 0.29) is 10.8 Å². The van der Waals surface area contributed by atoms with Gasteiger partial charge in [-0.3, -0.25) is 4.79 Å². The van der Waals surface area contributed by atoms with Gasteiger partial charge < -0.3 is 5.32 Å². The van der Waals surface area contributed by atoms with Gasteiger partial charge in [0.1, 0.15) is 0 Å². The Morgan fingerprint density at radius 3 is 2.23 bits per heavy atom. The van der Waals surface area contributed by atoms with E-state index in [1.807, 2.05) is 31.2 Å². The van der Waals surface area contributed by atoms with Crippen LogP contribution in [0.25, 0.3) is 0 Å². The molecule has 0 bridgehead atoms. The molecule has 0 atom stereocenters. The zero-order valence-electron chi connectivity index (χ0n) is 15.3. The molecule has 0 aromatic heterocycles. The SMILES string of the molecule is CCCCCNS(=O)(=O)c1ccc(C(=O)NCc2ccc(C)cc2)cc1. The molecule has 1 amide bonds. The fraction of sp³-hybridized carbons (Fsp3) is 0.350. The lowest BCUT2D eigenvalue weighted by Gasteiger charge is -2.08. The summed E-state index contributed by atoms with van der Waals surface area (Å²) in [5, 5.41) is 2.84. The van der Waals surface area contributed by atoms with E-state index in [0.717, 1.165) is 24.8 Å². The lowest BCUT2D eigenvalue weighted by Crippen LogP contribution is -2.25. The summed E-state index contributed by atoms with van der Waals surface area (Å²) in [6.07, 6.45) is 2.84. The third-order valence-electron chi connectivity index (χ3n) is 4.07. The summed E-state index contributed by atoms with van der Waals surface area (Å²) in [7, 11) is -3.52. The second-order valence-corrected chi connectivity index (χ2v) is 8.06. The Hall–Kier alpha value is -2.18. The first-order chi connectivity index (χ1) is 12.4. The topological polar surface area (TPSA) is 75.3 Å². The van der Waals surface area contributed by atoms with E-state index < -0.39 is 10.0 Å². The van der Waals surface area contributed by atoms with Gasteiger partial charge in [-0.05, 0) is 43.2 Å². The average molecular weight is 375 g/mol. The summed E-state index contributed by atoms with van der Waals surface area (Å²) < 4.78 is 27.0. The molecular weight excluding hydrogens is 348 g/mol. The Bertz CT molecular complexity index is 813. The van der Waals surface area contributed by atoms with Crippen LogP contribution in [-0.2, 0) is 16.6 Å². The van der Waals surface area contributed by atoms with Crippen molar-refractivity contribution in [3.8, 4) is 0 Å². The molecule has 2 N–H and O–H groups in total. The molecule has 26 heavy (non-hydrogen) atoms. The molecule has 0 radical (unpaired) electrons. The van der Waals surface area contributed by atoms with E-state index in [4.69, 9.17) is 0 Å². The normalized spacial score (nSPS) is 11.3. The molecule has 140 valence electrons. The minimum Gasteiger partial charge on any atom is -0.348 e. The molecule has 0 saturated heterocycles. The van der Waals surface area contributed by atoms with Gasteiger partial charge in [0.2, 0.25) is 10.0 Å². The van der Waals surface area contributed by atoms with Crippen LogP contribution in [-0.4, -0.2) is 20.9 Å². The van der Waals surface area contributed by atoms with Gasteiger partial charge in [0, 0.05) is 18.7 Å². The van der Waals surface area contributed by atoms with Crippen LogP contribution in [0.15, 0.2) is 53.4 Å². The number of aryl methyl sites for hydroxylation is 1. The summed E-state index contributed by atoms with van der Waals surface area (Å²) >= 11 is 0. The van der Waals surface area contributed by atoms with Crippen molar-refractivity contribution in [3.63, 3.8) is 0 Å². The average Bonchev–Trinajstić information content (AvgIpc) is 2.65. The molecule has 6 heteroatoms. The number of sulfonamides is 1. The maximum absolute atomic E-state index is 12.2. The predicted molar refractivity (Wildman–Crippen MR) is 104 cm³/mol. The highest BCUT2D eigenvalue weighted by molar-refractivity contribution is 7.89. The van der Waals surface area contributed by atoms with Crippen LogP contribution in [0.3, 0.4) is 0 Å². The predicted octanol–water partition coefficient (Wildman–Crippen LogP) is 3.39. The molecule has 0 heterocycles. The maximum Gasteiger partial charge on any atom is 0.251 e. The third kappa shape index (κ3) is 5.97. The summed E-state index contributed by atoms with van der Waals surface area (Å²) in [4.78, 5) is 12.4. The summed E-state index contributed by atoms with van der Waals surface area (Å²) in [6.45, 7) is 4.93. The van der Waals surface area contributed by atoms with E-state index in [2.05, 4.69) is 17.0 Å². The van der Waals surface area contributed by atoms with Gasteiger partial charge in [-0.1, -0.05) is 49.6 Å². The standard InChI is InChI=1S/C20H26N2O3S/c1-3-4-5-14-22-26(24,25)19-12-10-18(11-13-19)20(23)21-15-17-8-6-16(2)7-9-17/h6-13,22H,3-5,14-15H2,1-2H3,(H,21,23). The monoisotopic (exact) mass is 374 g/mol. The first-order valence-corrected chi connectivity index (χ1v) is 10.3. The fourth-order valence-corrected chi connectivity index (χ4v) is 3.51. The van der Waals surface area contributed by atoms with Crippen LogP contribution in [0.1, 0.15) is 47.7 Å². The highest BCUT2D eigenvalue weighted by atomic mass is 32.2. The van der Waals surface area contributed by atoms with E-state index in [0.29, 0.717) is 18.7 Å². The van der Waals surface area contributed by atoms with Gasteiger partial charge >= 0.3 is 0 Å². The Balaban J connectivity index is 1.93. The van der Waals surface area contributed by atoms with Crippen molar-refractivity contribution < 1.29 is 13.2 Å². The molecule has 0 aliphatic heterocycles. The van der Waals surface area contributed by atoms with Gasteiger partial charge in [0.05, 0.1) is 4.90 Å². The first kappa shape index (κ1) is 20.1. The molecule has 0 unspecified atom stereocenters. The summed E-state index contributed by atoms with van der Waals surface area (Å²) in [6, 6.07) is 13.9. The highest BCUT2D eigenvalue weighted by Crippen LogP contribution is 2.11. The molecule has 0 saturated carbocycles. The fourth-order valence-electron chi connectivity index (χ4n) is 2.44. The number of amides is 1. The van der Waals surface area contributed by atoms with Crippen molar-refractivity contribution in [1.82, 2.24) is 10.0 Å². The van der Waals surface area contributed by atoms with Crippen LogP contribution in [0.2, 0.25) is 0 Å². The zero-order chi connectivity index (χ0) is 19.0. The number of hydrogen-bond acceptors (Lipinski definition) is 3. The lowest BCUT2D eigenvalue weighted by atomic mass is 10.1. The Morgan fingerprint density at radius 1 is 0.962 bits per heavy atom. The van der Waals surface area contributed by atoms with Crippen LogP contribution in [0.4, 0.5) is 0 Å². The van der Waals surface area contributed by atoms with Crippen molar-refractivity contribution in [2.75, 3.05) is 6.54 Å². The van der Waals surface area contributed by atoms with Gasteiger partial charge in [-0.25, -0.2) is 13.1 Å². The van der Waals surface area contributed by atoms with Crippen molar-refractivity contribution in [2.45, 2.75) is 44.6 Å². The molecule has 5 nitrogen and oxygen atoms in total. The Labute approximate surface area is 155 Å². The van der Waals surface area contributed by atoms with Gasteiger partial charge in [-0.15, -0.1) is 0 Å². The van der Waals surface area contributed by atoms with Gasteiger partial charge in [0.15, 0.2) is 0 Å². The van der Waals surface area contributed by atoms with Crippen molar-refractivity contribution >= 4 is 15.9 Å². The second kappa shape index (κ2) is 9.50. The largest absolute Gasteiger partial charge is 0.348 e. The van der Waals surface area contributed by atoms with Crippen molar-refractivity contribution in [1.29, 1.82) is 0 Å². The molecule has 2 aromatic carbocycles. The van der Waals surface area contributed by atoms with Crippen molar-refractivity contribution in [2.24, 2.45) is 0 Å². The van der Waals surface area contributed by atoms with Crippen LogP contribution in [0, 0.1) is 6.92 Å². The first-order valence-electron chi connectivity index (χ1n) is 8.86. The van der Waals surface area contributed by atoms with E-state index >= 15 is 0 Å². The van der Waals surface area contributed by atoms with E-state index in [1.54, 1.807) is 0 Å². The number of carbonyl (C=O) groups is 1. The highest BCUT2D eigenvalue weighted by Gasteiger charge is 2.14. The Morgan fingerprint density at radius 2 is 1.62 bits per heavy atom. The number of benzene rings is 2. The quantitative estimate of drug-likeness (QED) is 0.661. The molecule has 0 fully saturated rings. The van der Waals surface area contributed by atoms with Crippen LogP contribution in [0.5, 0.6) is 0 Å². The maximum atomic E-state index is 12.2.